The minimum Gasteiger partial charge on any atom is -0.497 e. The third-order valence-corrected chi connectivity index (χ3v) is 5.09. The van der Waals surface area contributed by atoms with Gasteiger partial charge in [-0.1, -0.05) is 5.16 Å². The first-order valence-corrected chi connectivity index (χ1v) is 9.85. The number of aromatic nitrogens is 3. The smallest absolute Gasteiger partial charge is 0.257 e. The van der Waals surface area contributed by atoms with Gasteiger partial charge in [0.2, 0.25) is 0 Å². The Hall–Kier alpha value is -3.72. The summed E-state index contributed by atoms with van der Waals surface area (Å²) >= 11 is 1.34. The number of anilines is 1. The Kier molecular flexibility index (Phi) is 5.44. The fourth-order valence-corrected chi connectivity index (χ4v) is 3.52. The van der Waals surface area contributed by atoms with Crippen molar-refractivity contribution in [2.45, 2.75) is 6.92 Å². The molecule has 4 aromatic rings. The summed E-state index contributed by atoms with van der Waals surface area (Å²) in [5.74, 6) is 2.05. The number of hydrogen-bond donors (Lipinski definition) is 1. The normalized spacial score (nSPS) is 10.6. The standard InChI is InChI=1S/C21H18N4O4S/c1-12-22-20(29-25-12)14-6-4-13(5-7-14)19(26)24-21-23-17(11-30-21)16-9-8-15(27-2)10-18(16)28-3/h4-11H,1-3H3,(H,23,24,26). The number of thiazole rings is 1. The summed E-state index contributed by atoms with van der Waals surface area (Å²) < 4.78 is 15.8. The molecule has 9 heteroatoms. The number of nitrogens with zero attached hydrogens (tertiary/aromatic N) is 3. The maximum absolute atomic E-state index is 12.6. The first-order valence-electron chi connectivity index (χ1n) is 8.97. The van der Waals surface area contributed by atoms with Gasteiger partial charge in [0, 0.05) is 28.1 Å². The Bertz CT molecular complexity index is 1180. The van der Waals surface area contributed by atoms with Gasteiger partial charge in [0.25, 0.3) is 11.8 Å². The molecule has 30 heavy (non-hydrogen) atoms. The molecule has 0 saturated heterocycles. The highest BCUT2D eigenvalue weighted by Gasteiger charge is 2.14. The van der Waals surface area contributed by atoms with E-state index in [1.807, 2.05) is 17.5 Å². The summed E-state index contributed by atoms with van der Waals surface area (Å²) in [4.78, 5) is 21.3. The third-order valence-electron chi connectivity index (χ3n) is 4.33. The molecular formula is C21H18N4O4S. The van der Waals surface area contributed by atoms with Gasteiger partial charge in [0.15, 0.2) is 11.0 Å². The highest BCUT2D eigenvalue weighted by molar-refractivity contribution is 7.14. The summed E-state index contributed by atoms with van der Waals surface area (Å²) in [6.07, 6.45) is 0. The van der Waals surface area contributed by atoms with Crippen LogP contribution in [0, 0.1) is 6.92 Å². The minimum atomic E-state index is -0.258. The van der Waals surface area contributed by atoms with Crippen molar-refractivity contribution in [2.75, 3.05) is 19.5 Å². The lowest BCUT2D eigenvalue weighted by molar-refractivity contribution is 0.102. The maximum atomic E-state index is 12.6. The second-order valence-corrected chi connectivity index (χ2v) is 7.14. The number of hydrogen-bond acceptors (Lipinski definition) is 8. The van der Waals surface area contributed by atoms with Crippen LogP contribution in [0.1, 0.15) is 16.2 Å². The Morgan fingerprint density at radius 1 is 1.07 bits per heavy atom. The van der Waals surface area contributed by atoms with E-state index >= 15 is 0 Å². The zero-order chi connectivity index (χ0) is 21.1. The SMILES string of the molecule is COc1ccc(-c2csc(NC(=O)c3ccc(-c4nc(C)no4)cc3)n2)c(OC)c1. The molecule has 0 aliphatic rings. The number of rotatable bonds is 6. The van der Waals surface area contributed by atoms with E-state index in [2.05, 4.69) is 20.4 Å². The first kappa shape index (κ1) is 19.6. The number of aryl methyl sites for hydroxylation is 1. The van der Waals surface area contributed by atoms with Gasteiger partial charge in [-0.05, 0) is 43.3 Å². The van der Waals surface area contributed by atoms with Gasteiger partial charge < -0.3 is 14.0 Å². The van der Waals surface area contributed by atoms with Crippen LogP contribution >= 0.6 is 11.3 Å². The van der Waals surface area contributed by atoms with Crippen molar-refractivity contribution < 1.29 is 18.8 Å². The predicted octanol–water partition coefficient (Wildman–Crippen LogP) is 4.44. The molecule has 0 atom stereocenters. The molecular weight excluding hydrogens is 404 g/mol. The molecule has 1 amide bonds. The van der Waals surface area contributed by atoms with Crippen LogP contribution in [0.3, 0.4) is 0 Å². The highest BCUT2D eigenvalue weighted by Crippen LogP contribution is 2.35. The second-order valence-electron chi connectivity index (χ2n) is 6.28. The number of ether oxygens (including phenoxy) is 2. The molecule has 0 bridgehead atoms. The van der Waals surface area contributed by atoms with E-state index in [-0.39, 0.29) is 5.91 Å². The summed E-state index contributed by atoms with van der Waals surface area (Å²) in [7, 11) is 3.19. The summed E-state index contributed by atoms with van der Waals surface area (Å²) in [6.45, 7) is 1.75. The van der Waals surface area contributed by atoms with E-state index in [4.69, 9.17) is 14.0 Å². The van der Waals surface area contributed by atoms with Gasteiger partial charge in [-0.3, -0.25) is 10.1 Å². The van der Waals surface area contributed by atoms with Crippen molar-refractivity contribution in [1.29, 1.82) is 0 Å². The molecule has 152 valence electrons. The fourth-order valence-electron chi connectivity index (χ4n) is 2.81. The lowest BCUT2D eigenvalue weighted by Crippen LogP contribution is -2.11. The van der Waals surface area contributed by atoms with Crippen molar-refractivity contribution in [1.82, 2.24) is 15.1 Å². The fraction of sp³-hybridized carbons (Fsp3) is 0.143. The maximum Gasteiger partial charge on any atom is 0.257 e. The molecule has 8 nitrogen and oxygen atoms in total. The van der Waals surface area contributed by atoms with E-state index in [1.54, 1.807) is 51.5 Å². The average molecular weight is 422 g/mol. The van der Waals surface area contributed by atoms with E-state index in [9.17, 15) is 4.79 Å². The lowest BCUT2D eigenvalue weighted by Gasteiger charge is -2.08. The Balaban J connectivity index is 1.49. The van der Waals surface area contributed by atoms with Crippen molar-refractivity contribution >= 4 is 22.4 Å². The summed E-state index contributed by atoms with van der Waals surface area (Å²) in [5.41, 5.74) is 2.76. The van der Waals surface area contributed by atoms with E-state index < -0.39 is 0 Å². The molecule has 0 aliphatic carbocycles. The van der Waals surface area contributed by atoms with Crippen LogP contribution in [0.2, 0.25) is 0 Å². The van der Waals surface area contributed by atoms with Crippen LogP contribution in [0.5, 0.6) is 11.5 Å². The highest BCUT2D eigenvalue weighted by atomic mass is 32.1. The van der Waals surface area contributed by atoms with E-state index in [1.165, 1.54) is 11.3 Å². The van der Waals surface area contributed by atoms with Crippen molar-refractivity contribution in [3.63, 3.8) is 0 Å². The van der Waals surface area contributed by atoms with Crippen LogP contribution < -0.4 is 14.8 Å². The zero-order valence-electron chi connectivity index (χ0n) is 16.5. The van der Waals surface area contributed by atoms with Gasteiger partial charge in [-0.25, -0.2) is 4.98 Å². The number of benzene rings is 2. The average Bonchev–Trinajstić information content (AvgIpc) is 3.42. The molecule has 0 radical (unpaired) electrons. The van der Waals surface area contributed by atoms with Gasteiger partial charge >= 0.3 is 0 Å². The number of nitrogens with one attached hydrogen (secondary N) is 1. The molecule has 0 fully saturated rings. The van der Waals surface area contributed by atoms with Crippen LogP contribution in [-0.2, 0) is 0 Å². The second kappa shape index (κ2) is 8.34. The number of amides is 1. The molecule has 0 spiro atoms. The summed E-state index contributed by atoms with van der Waals surface area (Å²) in [5, 5.41) is 8.94. The predicted molar refractivity (Wildman–Crippen MR) is 113 cm³/mol. The topological polar surface area (TPSA) is 99.4 Å². The van der Waals surface area contributed by atoms with Gasteiger partial charge in [0.05, 0.1) is 19.9 Å². The van der Waals surface area contributed by atoms with Crippen molar-refractivity contribution in [2.24, 2.45) is 0 Å². The molecule has 0 saturated carbocycles. The van der Waals surface area contributed by atoms with Crippen LogP contribution in [-0.4, -0.2) is 35.3 Å². The number of carbonyl (C=O) groups is 1. The van der Waals surface area contributed by atoms with Gasteiger partial charge in [-0.15, -0.1) is 11.3 Å². The van der Waals surface area contributed by atoms with Gasteiger partial charge in [-0.2, -0.15) is 4.98 Å². The Morgan fingerprint density at radius 2 is 1.87 bits per heavy atom. The molecule has 0 unspecified atom stereocenters. The Labute approximate surface area is 176 Å². The quantitative estimate of drug-likeness (QED) is 0.490. The number of methoxy groups -OCH3 is 2. The van der Waals surface area contributed by atoms with Crippen molar-refractivity contribution in [3.8, 4) is 34.2 Å². The zero-order valence-corrected chi connectivity index (χ0v) is 17.3. The molecule has 4 rings (SSSR count). The van der Waals surface area contributed by atoms with Gasteiger partial charge in [0.1, 0.15) is 11.5 Å². The molecule has 0 aliphatic heterocycles. The van der Waals surface area contributed by atoms with Crippen LogP contribution in [0.25, 0.3) is 22.7 Å². The molecule has 1 N–H and O–H groups in total. The van der Waals surface area contributed by atoms with Crippen LogP contribution in [0.4, 0.5) is 5.13 Å². The molecule has 2 aromatic heterocycles. The number of carbonyl (C=O) groups excluding carboxylic acids is 1. The third kappa shape index (κ3) is 4.01. The minimum absolute atomic E-state index is 0.258. The lowest BCUT2D eigenvalue weighted by atomic mass is 10.1. The largest absolute Gasteiger partial charge is 0.497 e. The van der Waals surface area contributed by atoms with E-state index in [0.717, 1.165) is 11.1 Å². The van der Waals surface area contributed by atoms with Crippen LogP contribution in [0.15, 0.2) is 52.4 Å². The summed E-state index contributed by atoms with van der Waals surface area (Å²) in [6, 6.07) is 12.4. The monoisotopic (exact) mass is 422 g/mol. The van der Waals surface area contributed by atoms with E-state index in [0.29, 0.717) is 39.6 Å². The van der Waals surface area contributed by atoms with Crippen molar-refractivity contribution in [3.05, 3.63) is 59.2 Å². The molecule has 2 heterocycles. The Morgan fingerprint density at radius 3 is 2.53 bits per heavy atom. The first-order chi connectivity index (χ1) is 14.6. The molecule has 2 aromatic carbocycles.